The van der Waals surface area contributed by atoms with E-state index in [1.54, 1.807) is 11.4 Å². The number of para-hydroxylation sites is 1. The molecule has 5 nitrogen and oxygen atoms in total. The van der Waals surface area contributed by atoms with Crippen LogP contribution >= 0.6 is 11.3 Å². The summed E-state index contributed by atoms with van der Waals surface area (Å²) in [5.41, 5.74) is 0.356. The monoisotopic (exact) mass is 279 g/mol. The Hall–Kier alpha value is -2.28. The topological polar surface area (TPSA) is 71.1 Å². The molecular formula is C12H10FN3O2S. The van der Waals surface area contributed by atoms with Gasteiger partial charge in [-0.25, -0.2) is 14.2 Å². The van der Waals surface area contributed by atoms with Crippen LogP contribution < -0.4 is 10.6 Å². The van der Waals surface area contributed by atoms with E-state index in [1.165, 1.54) is 25.1 Å². The molecule has 2 aromatic rings. The van der Waals surface area contributed by atoms with E-state index < -0.39 is 11.8 Å². The van der Waals surface area contributed by atoms with Gasteiger partial charge in [-0.2, -0.15) is 0 Å². The predicted molar refractivity (Wildman–Crippen MR) is 71.2 cm³/mol. The van der Waals surface area contributed by atoms with E-state index >= 15 is 0 Å². The molecular weight excluding hydrogens is 269 g/mol. The first-order chi connectivity index (χ1) is 9.06. The second kappa shape index (κ2) is 5.57. The Morgan fingerprint density at radius 2 is 2.00 bits per heavy atom. The third-order valence-corrected chi connectivity index (χ3v) is 2.97. The molecule has 98 valence electrons. The summed E-state index contributed by atoms with van der Waals surface area (Å²) in [6, 6.07) is 5.20. The zero-order valence-electron chi connectivity index (χ0n) is 9.94. The molecule has 0 aliphatic carbocycles. The van der Waals surface area contributed by atoms with Crippen molar-refractivity contribution < 1.29 is 14.0 Å². The highest BCUT2D eigenvalue weighted by molar-refractivity contribution is 7.14. The number of aromatic nitrogens is 1. The Balaban J connectivity index is 2.01. The average Bonchev–Trinajstić information content (AvgIpc) is 2.80. The molecule has 19 heavy (non-hydrogen) atoms. The second-order valence-corrected chi connectivity index (χ2v) is 4.51. The number of anilines is 2. The van der Waals surface area contributed by atoms with Crippen molar-refractivity contribution in [2.75, 3.05) is 10.6 Å². The Bertz CT molecular complexity index is 627. The first kappa shape index (κ1) is 13.2. The zero-order chi connectivity index (χ0) is 13.8. The lowest BCUT2D eigenvalue weighted by molar-refractivity contribution is 0.101. The third-order valence-electron chi connectivity index (χ3n) is 2.21. The number of amides is 2. The fourth-order valence-corrected chi connectivity index (χ4v) is 2.05. The largest absolute Gasteiger partial charge is 0.325 e. The van der Waals surface area contributed by atoms with Crippen molar-refractivity contribution in [2.45, 2.75) is 6.92 Å². The lowest BCUT2D eigenvalue weighted by Gasteiger charge is -2.05. The molecule has 0 aliphatic heterocycles. The quantitative estimate of drug-likeness (QED) is 0.848. The highest BCUT2D eigenvalue weighted by Crippen LogP contribution is 2.17. The van der Waals surface area contributed by atoms with Gasteiger partial charge in [0.25, 0.3) is 0 Å². The van der Waals surface area contributed by atoms with Gasteiger partial charge in [-0.1, -0.05) is 12.1 Å². The van der Waals surface area contributed by atoms with Crippen LogP contribution in [0.25, 0.3) is 0 Å². The van der Waals surface area contributed by atoms with E-state index in [9.17, 15) is 14.0 Å². The van der Waals surface area contributed by atoms with Crippen LogP contribution in [-0.2, 0) is 0 Å². The lowest BCUT2D eigenvalue weighted by atomic mass is 10.3. The number of carbonyl (C=O) groups is 2. The summed E-state index contributed by atoms with van der Waals surface area (Å²) in [6.07, 6.45) is 0. The molecule has 1 heterocycles. The summed E-state index contributed by atoms with van der Waals surface area (Å²) in [6.45, 7) is 1.39. The summed E-state index contributed by atoms with van der Waals surface area (Å²) >= 11 is 1.12. The summed E-state index contributed by atoms with van der Waals surface area (Å²) in [4.78, 5) is 26.6. The Morgan fingerprint density at radius 3 is 2.63 bits per heavy atom. The summed E-state index contributed by atoms with van der Waals surface area (Å²) in [5, 5.41) is 6.60. The minimum Gasteiger partial charge on any atom is -0.305 e. The fraction of sp³-hybridized carbons (Fsp3) is 0.0833. The average molecular weight is 279 g/mol. The van der Waals surface area contributed by atoms with Crippen LogP contribution in [0.1, 0.15) is 17.4 Å². The number of benzene rings is 1. The summed E-state index contributed by atoms with van der Waals surface area (Å²) in [5.74, 6) is -0.708. The molecule has 0 saturated carbocycles. The lowest BCUT2D eigenvalue weighted by Crippen LogP contribution is -2.20. The van der Waals surface area contributed by atoms with Gasteiger partial charge in [0, 0.05) is 12.3 Å². The van der Waals surface area contributed by atoms with Crippen LogP contribution in [-0.4, -0.2) is 16.8 Å². The van der Waals surface area contributed by atoms with Gasteiger partial charge in [-0.05, 0) is 12.1 Å². The molecule has 0 radical (unpaired) electrons. The van der Waals surface area contributed by atoms with Crippen LogP contribution in [0.5, 0.6) is 0 Å². The number of ketones is 1. The van der Waals surface area contributed by atoms with Gasteiger partial charge in [-0.15, -0.1) is 11.3 Å². The highest BCUT2D eigenvalue weighted by Gasteiger charge is 2.10. The minimum absolute atomic E-state index is 0.0725. The highest BCUT2D eigenvalue weighted by atomic mass is 32.1. The standard InChI is InChI=1S/C12H10FN3O2S/c1-7(17)10-6-19-12(15-10)16-11(18)14-9-5-3-2-4-8(9)13/h2-6H,1H3,(H2,14,15,16,18). The van der Waals surface area contributed by atoms with E-state index in [2.05, 4.69) is 15.6 Å². The molecule has 1 aromatic carbocycles. The number of thiazole rings is 1. The van der Waals surface area contributed by atoms with Crippen LogP contribution in [0.2, 0.25) is 0 Å². The van der Waals surface area contributed by atoms with E-state index in [0.717, 1.165) is 11.3 Å². The number of hydrogen-bond acceptors (Lipinski definition) is 4. The van der Waals surface area contributed by atoms with Gasteiger partial charge in [0.15, 0.2) is 10.9 Å². The number of halogens is 1. The number of carbonyl (C=O) groups excluding carboxylic acids is 2. The molecule has 2 rings (SSSR count). The first-order valence-corrected chi connectivity index (χ1v) is 6.23. The molecule has 0 bridgehead atoms. The molecule has 2 amide bonds. The summed E-state index contributed by atoms with van der Waals surface area (Å²) in [7, 11) is 0. The SMILES string of the molecule is CC(=O)c1csc(NC(=O)Nc2ccccc2F)n1. The molecule has 7 heteroatoms. The molecule has 0 atom stereocenters. The van der Waals surface area contributed by atoms with Crippen molar-refractivity contribution in [2.24, 2.45) is 0 Å². The van der Waals surface area contributed by atoms with Crippen LogP contribution in [0, 0.1) is 5.82 Å². The van der Waals surface area contributed by atoms with Crippen LogP contribution in [0.4, 0.5) is 20.0 Å². The number of nitrogens with zero attached hydrogens (tertiary/aromatic N) is 1. The first-order valence-electron chi connectivity index (χ1n) is 5.35. The van der Waals surface area contributed by atoms with Crippen molar-refractivity contribution in [1.29, 1.82) is 0 Å². The third kappa shape index (κ3) is 3.35. The van der Waals surface area contributed by atoms with Gasteiger partial charge in [0.2, 0.25) is 0 Å². The molecule has 2 N–H and O–H groups in total. The van der Waals surface area contributed by atoms with E-state index in [-0.39, 0.29) is 22.3 Å². The maximum absolute atomic E-state index is 13.3. The van der Waals surface area contributed by atoms with E-state index in [4.69, 9.17) is 0 Å². The molecule has 0 spiro atoms. The fourth-order valence-electron chi connectivity index (χ4n) is 1.31. The van der Waals surface area contributed by atoms with Crippen molar-refractivity contribution in [3.8, 4) is 0 Å². The molecule has 0 unspecified atom stereocenters. The smallest absolute Gasteiger partial charge is 0.305 e. The van der Waals surface area contributed by atoms with Crippen LogP contribution in [0.15, 0.2) is 29.6 Å². The number of urea groups is 1. The number of hydrogen-bond donors (Lipinski definition) is 2. The minimum atomic E-state index is -0.616. The zero-order valence-corrected chi connectivity index (χ0v) is 10.8. The summed E-state index contributed by atoms with van der Waals surface area (Å²) < 4.78 is 13.3. The molecule has 0 fully saturated rings. The van der Waals surface area contributed by atoms with Crippen molar-refractivity contribution in [3.05, 3.63) is 41.2 Å². The van der Waals surface area contributed by atoms with Gasteiger partial charge in [-0.3, -0.25) is 10.1 Å². The van der Waals surface area contributed by atoms with Crippen molar-refractivity contribution in [1.82, 2.24) is 4.98 Å². The van der Waals surface area contributed by atoms with Gasteiger partial charge >= 0.3 is 6.03 Å². The van der Waals surface area contributed by atoms with Crippen molar-refractivity contribution in [3.63, 3.8) is 0 Å². The maximum Gasteiger partial charge on any atom is 0.325 e. The Labute approximate surface area is 112 Å². The van der Waals surface area contributed by atoms with E-state index in [0.29, 0.717) is 0 Å². The molecule has 0 aliphatic rings. The van der Waals surface area contributed by atoms with Crippen molar-refractivity contribution >= 4 is 34.0 Å². The molecule has 1 aromatic heterocycles. The predicted octanol–water partition coefficient (Wildman–Crippen LogP) is 3.13. The van der Waals surface area contributed by atoms with E-state index in [1.807, 2.05) is 0 Å². The number of Topliss-reactive ketones (excluding diaryl/α,β-unsaturated/α-hetero) is 1. The normalized spacial score (nSPS) is 10.0. The number of nitrogens with one attached hydrogen (secondary N) is 2. The van der Waals surface area contributed by atoms with Crippen LogP contribution in [0.3, 0.4) is 0 Å². The number of rotatable bonds is 3. The van der Waals surface area contributed by atoms with Gasteiger partial charge < -0.3 is 5.32 Å². The Morgan fingerprint density at radius 1 is 1.26 bits per heavy atom. The maximum atomic E-state index is 13.3. The van der Waals surface area contributed by atoms with Gasteiger partial charge in [0.05, 0.1) is 5.69 Å². The van der Waals surface area contributed by atoms with Gasteiger partial charge in [0.1, 0.15) is 11.5 Å². The molecule has 0 saturated heterocycles. The Kier molecular flexibility index (Phi) is 3.86. The second-order valence-electron chi connectivity index (χ2n) is 3.65.